The molecule has 4 aromatic rings. The number of thiazole rings is 1. The van der Waals surface area contributed by atoms with Gasteiger partial charge in [0, 0.05) is 19.1 Å². The largest absolute Gasteiger partial charge is 0.319 e. The fraction of sp³-hybridized carbons (Fsp3) is 0.158. The molecule has 8 nitrogen and oxygen atoms in total. The number of fused-ring (bicyclic) bond motifs is 2. The highest BCUT2D eigenvalue weighted by molar-refractivity contribution is 7.90. The van der Waals surface area contributed by atoms with E-state index in [2.05, 4.69) is 20.3 Å². The van der Waals surface area contributed by atoms with Crippen LogP contribution in [0.4, 0.5) is 5.13 Å². The molecule has 0 fully saturated rings. The Labute approximate surface area is 169 Å². The molecule has 0 aliphatic heterocycles. The van der Waals surface area contributed by atoms with Gasteiger partial charge in [0.1, 0.15) is 5.69 Å². The van der Waals surface area contributed by atoms with Crippen LogP contribution in [-0.2, 0) is 21.1 Å². The highest BCUT2D eigenvalue weighted by Crippen LogP contribution is 2.28. The molecule has 0 aliphatic rings. The maximum absolute atomic E-state index is 12.3. The van der Waals surface area contributed by atoms with E-state index in [1.807, 2.05) is 12.1 Å². The molecule has 0 radical (unpaired) electrons. The normalized spacial score (nSPS) is 11.8. The van der Waals surface area contributed by atoms with E-state index in [1.165, 1.54) is 23.5 Å². The summed E-state index contributed by atoms with van der Waals surface area (Å²) in [5, 5.41) is 3.07. The molecule has 4 rings (SSSR count). The second-order valence-electron chi connectivity index (χ2n) is 6.50. The number of H-pyrrole nitrogens is 1. The number of amides is 1. The number of nitrogens with one attached hydrogen (secondary N) is 2. The standard InChI is InChI=1S/C19H16N4O4S2/c1-29(26,27)11-6-7-14-16(10-11)28-19(22-14)23-17(24)9-8-15-18(25)21-13-5-3-2-4-12(13)20-15/h2-7,10H,8-9H2,1H3,(H,21,25)(H,22,23,24). The lowest BCUT2D eigenvalue weighted by Gasteiger charge is -2.03. The fourth-order valence-electron chi connectivity index (χ4n) is 2.84. The molecule has 2 heterocycles. The highest BCUT2D eigenvalue weighted by Gasteiger charge is 2.13. The predicted octanol–water partition coefficient (Wildman–Crippen LogP) is 2.51. The lowest BCUT2D eigenvalue weighted by Crippen LogP contribution is -2.18. The van der Waals surface area contributed by atoms with Crippen LogP contribution >= 0.6 is 11.3 Å². The Morgan fingerprint density at radius 1 is 1.14 bits per heavy atom. The van der Waals surface area contributed by atoms with Gasteiger partial charge in [-0.05, 0) is 30.3 Å². The van der Waals surface area contributed by atoms with Crippen molar-refractivity contribution in [3.05, 3.63) is 58.5 Å². The summed E-state index contributed by atoms with van der Waals surface area (Å²) in [5.41, 5.74) is 1.89. The van der Waals surface area contributed by atoms with Gasteiger partial charge in [-0.1, -0.05) is 23.5 Å². The summed E-state index contributed by atoms with van der Waals surface area (Å²) >= 11 is 1.19. The average Bonchev–Trinajstić information content (AvgIpc) is 3.07. The van der Waals surface area contributed by atoms with Crippen LogP contribution in [-0.4, -0.2) is 35.5 Å². The molecule has 1 amide bonds. The average molecular weight is 428 g/mol. The van der Waals surface area contributed by atoms with Gasteiger partial charge in [-0.25, -0.2) is 18.4 Å². The van der Waals surface area contributed by atoms with Crippen LogP contribution in [0.15, 0.2) is 52.2 Å². The van der Waals surface area contributed by atoms with Crippen LogP contribution < -0.4 is 10.9 Å². The Morgan fingerprint density at radius 2 is 1.93 bits per heavy atom. The molecule has 29 heavy (non-hydrogen) atoms. The molecule has 2 aromatic heterocycles. The van der Waals surface area contributed by atoms with Crippen LogP contribution in [0.2, 0.25) is 0 Å². The maximum Gasteiger partial charge on any atom is 0.270 e. The van der Waals surface area contributed by atoms with E-state index in [4.69, 9.17) is 0 Å². The van der Waals surface area contributed by atoms with Crippen LogP contribution in [0, 0.1) is 0 Å². The Balaban J connectivity index is 1.47. The van der Waals surface area contributed by atoms with Crippen LogP contribution in [0.1, 0.15) is 12.1 Å². The van der Waals surface area contributed by atoms with Gasteiger partial charge in [0.25, 0.3) is 5.56 Å². The second kappa shape index (κ2) is 7.37. The summed E-state index contributed by atoms with van der Waals surface area (Å²) in [6.45, 7) is 0. The van der Waals surface area contributed by atoms with Crippen molar-refractivity contribution in [3.8, 4) is 0 Å². The van der Waals surface area contributed by atoms with Crippen molar-refractivity contribution in [1.29, 1.82) is 0 Å². The lowest BCUT2D eigenvalue weighted by molar-refractivity contribution is -0.116. The van der Waals surface area contributed by atoms with Gasteiger partial charge in [0.15, 0.2) is 15.0 Å². The zero-order valence-corrected chi connectivity index (χ0v) is 16.9. The Hall–Kier alpha value is -3.11. The highest BCUT2D eigenvalue weighted by atomic mass is 32.2. The number of aryl methyl sites for hydroxylation is 1. The van der Waals surface area contributed by atoms with Crippen LogP contribution in [0.25, 0.3) is 21.3 Å². The molecule has 0 bridgehead atoms. The summed E-state index contributed by atoms with van der Waals surface area (Å²) in [6, 6.07) is 11.8. The minimum absolute atomic E-state index is 0.0684. The van der Waals surface area contributed by atoms with E-state index in [0.717, 1.165) is 6.26 Å². The molecule has 2 aromatic carbocycles. The number of hydrogen-bond donors (Lipinski definition) is 2. The van der Waals surface area contributed by atoms with Gasteiger partial charge >= 0.3 is 0 Å². The van der Waals surface area contributed by atoms with Crippen molar-refractivity contribution >= 4 is 53.5 Å². The van der Waals surface area contributed by atoms with Crippen molar-refractivity contribution < 1.29 is 13.2 Å². The molecular weight excluding hydrogens is 412 g/mol. The van der Waals surface area contributed by atoms with Gasteiger partial charge < -0.3 is 10.3 Å². The molecule has 0 atom stereocenters. The van der Waals surface area contributed by atoms with Crippen molar-refractivity contribution in [1.82, 2.24) is 15.0 Å². The van der Waals surface area contributed by atoms with Crippen LogP contribution in [0.5, 0.6) is 0 Å². The van der Waals surface area contributed by atoms with E-state index in [0.29, 0.717) is 32.1 Å². The Bertz CT molecular complexity index is 1410. The van der Waals surface area contributed by atoms with E-state index in [1.54, 1.807) is 18.2 Å². The monoisotopic (exact) mass is 428 g/mol. The first-order valence-electron chi connectivity index (χ1n) is 8.68. The minimum Gasteiger partial charge on any atom is -0.319 e. The smallest absolute Gasteiger partial charge is 0.270 e. The number of sulfone groups is 1. The summed E-state index contributed by atoms with van der Waals surface area (Å²) in [4.78, 5) is 36.0. The zero-order valence-electron chi connectivity index (χ0n) is 15.3. The number of para-hydroxylation sites is 2. The Morgan fingerprint density at radius 3 is 2.72 bits per heavy atom. The number of nitrogens with zero attached hydrogens (tertiary/aromatic N) is 2. The van der Waals surface area contributed by atoms with E-state index in [-0.39, 0.29) is 29.2 Å². The van der Waals surface area contributed by atoms with Crippen molar-refractivity contribution in [3.63, 3.8) is 0 Å². The van der Waals surface area contributed by atoms with Crippen molar-refractivity contribution in [2.45, 2.75) is 17.7 Å². The SMILES string of the molecule is CS(=O)(=O)c1ccc2nc(NC(=O)CCc3nc4ccccc4[nH]c3=O)sc2c1. The topological polar surface area (TPSA) is 122 Å². The van der Waals surface area contributed by atoms with Gasteiger partial charge in [-0.3, -0.25) is 9.59 Å². The van der Waals surface area contributed by atoms with Crippen molar-refractivity contribution in [2.75, 3.05) is 11.6 Å². The van der Waals surface area contributed by atoms with E-state index < -0.39 is 9.84 Å². The first-order valence-corrected chi connectivity index (χ1v) is 11.4. The third-order valence-electron chi connectivity index (χ3n) is 4.29. The molecule has 148 valence electrons. The van der Waals surface area contributed by atoms with Crippen LogP contribution in [0.3, 0.4) is 0 Å². The minimum atomic E-state index is -3.32. The molecule has 0 saturated heterocycles. The molecule has 10 heteroatoms. The first-order chi connectivity index (χ1) is 13.8. The molecular formula is C19H16N4O4S2. The zero-order chi connectivity index (χ0) is 20.6. The molecule has 0 spiro atoms. The number of carbonyl (C=O) groups excluding carboxylic acids is 1. The molecule has 0 aliphatic carbocycles. The summed E-state index contributed by atoms with van der Waals surface area (Å²) in [7, 11) is -3.32. The number of carbonyl (C=O) groups is 1. The third kappa shape index (κ3) is 4.17. The number of aromatic amines is 1. The maximum atomic E-state index is 12.3. The fourth-order valence-corrected chi connectivity index (χ4v) is 4.48. The number of anilines is 1. The van der Waals surface area contributed by atoms with Gasteiger partial charge in [-0.2, -0.15) is 0 Å². The molecule has 0 unspecified atom stereocenters. The molecule has 0 saturated carbocycles. The summed E-state index contributed by atoms with van der Waals surface area (Å²) in [5.74, 6) is -0.304. The summed E-state index contributed by atoms with van der Waals surface area (Å²) < 4.78 is 24.0. The lowest BCUT2D eigenvalue weighted by atomic mass is 10.2. The predicted molar refractivity (Wildman–Crippen MR) is 112 cm³/mol. The second-order valence-corrected chi connectivity index (χ2v) is 9.55. The molecule has 2 N–H and O–H groups in total. The number of hydrogen-bond acceptors (Lipinski definition) is 7. The summed E-state index contributed by atoms with van der Waals surface area (Å²) in [6.07, 6.45) is 1.40. The Kier molecular flexibility index (Phi) is 4.89. The van der Waals surface area contributed by atoms with E-state index >= 15 is 0 Å². The quantitative estimate of drug-likeness (QED) is 0.504. The number of aromatic nitrogens is 3. The van der Waals surface area contributed by atoms with Gasteiger partial charge in [0.2, 0.25) is 5.91 Å². The van der Waals surface area contributed by atoms with E-state index in [9.17, 15) is 18.0 Å². The number of benzene rings is 2. The van der Waals surface area contributed by atoms with Gasteiger partial charge in [-0.15, -0.1) is 0 Å². The van der Waals surface area contributed by atoms with Crippen molar-refractivity contribution in [2.24, 2.45) is 0 Å². The van der Waals surface area contributed by atoms with Gasteiger partial charge in [0.05, 0.1) is 26.1 Å². The first kappa shape index (κ1) is 19.2. The third-order valence-corrected chi connectivity index (χ3v) is 6.34. The number of rotatable bonds is 5.